The van der Waals surface area contributed by atoms with Crippen LogP contribution in [0.2, 0.25) is 0 Å². The Labute approximate surface area is 79.3 Å². The Balaban J connectivity index is 2.59. The van der Waals surface area contributed by atoms with Gasteiger partial charge in [0, 0.05) is 18.7 Å². The van der Waals surface area contributed by atoms with E-state index in [1.165, 1.54) is 5.56 Å². The summed E-state index contributed by atoms with van der Waals surface area (Å²) in [6.07, 6.45) is 0. The molecule has 0 amide bonds. The van der Waals surface area contributed by atoms with Crippen molar-refractivity contribution in [2.75, 3.05) is 21.2 Å². The van der Waals surface area contributed by atoms with Crippen molar-refractivity contribution in [3.05, 3.63) is 29.8 Å². The average Bonchev–Trinajstić information content (AvgIpc) is 2.08. The Kier molecular flexibility index (Phi) is 3.89. The molecule has 0 aliphatic rings. The molecule has 0 atom stereocenters. The minimum absolute atomic E-state index is 0.979. The Morgan fingerprint density at radius 3 is 2.31 bits per heavy atom. The van der Waals surface area contributed by atoms with Gasteiger partial charge >= 0.3 is 0 Å². The van der Waals surface area contributed by atoms with Gasteiger partial charge in [-0.2, -0.15) is 5.48 Å². The molecule has 0 aliphatic heterocycles. The van der Waals surface area contributed by atoms with Gasteiger partial charge in [0.15, 0.2) is 5.69 Å². The number of nitrogens with two attached hydrogens (primary N) is 1. The summed E-state index contributed by atoms with van der Waals surface area (Å²) in [6, 6.07) is 8.35. The van der Waals surface area contributed by atoms with Gasteiger partial charge in [0.05, 0.1) is 7.11 Å². The summed E-state index contributed by atoms with van der Waals surface area (Å²) in [6.45, 7) is 0.979. The second kappa shape index (κ2) is 4.97. The van der Waals surface area contributed by atoms with Gasteiger partial charge in [0.2, 0.25) is 0 Å². The van der Waals surface area contributed by atoms with Gasteiger partial charge in [0.25, 0.3) is 0 Å². The molecule has 0 bridgehead atoms. The van der Waals surface area contributed by atoms with E-state index in [9.17, 15) is 0 Å². The van der Waals surface area contributed by atoms with E-state index in [4.69, 9.17) is 4.84 Å². The van der Waals surface area contributed by atoms with E-state index in [-0.39, 0.29) is 0 Å². The van der Waals surface area contributed by atoms with Gasteiger partial charge in [-0.25, -0.2) is 4.84 Å². The second-order valence-corrected chi connectivity index (χ2v) is 3.33. The zero-order valence-corrected chi connectivity index (χ0v) is 8.45. The van der Waals surface area contributed by atoms with Crippen LogP contribution >= 0.6 is 0 Å². The van der Waals surface area contributed by atoms with Crippen LogP contribution in [0.5, 0.6) is 0 Å². The van der Waals surface area contributed by atoms with Gasteiger partial charge in [-0.3, -0.25) is 0 Å². The van der Waals surface area contributed by atoms with Gasteiger partial charge in [0.1, 0.15) is 0 Å². The molecule has 0 aliphatic carbocycles. The minimum Gasteiger partial charge on any atom is -0.305 e. The normalized spacial score (nSPS) is 10.8. The monoisotopic (exact) mass is 181 g/mol. The Hall–Kier alpha value is -0.900. The first-order chi connectivity index (χ1) is 6.22. The Bertz CT molecular complexity index is 244. The molecule has 0 radical (unpaired) electrons. The number of rotatable bonds is 4. The van der Waals surface area contributed by atoms with Crippen LogP contribution < -0.4 is 5.48 Å². The first-order valence-corrected chi connectivity index (χ1v) is 4.32. The fourth-order valence-electron chi connectivity index (χ4n) is 1.20. The Morgan fingerprint density at radius 1 is 1.23 bits per heavy atom. The number of hydrogen-bond acceptors (Lipinski definition) is 2. The minimum atomic E-state index is 0.979. The molecular weight excluding hydrogens is 164 g/mol. The summed E-state index contributed by atoms with van der Waals surface area (Å²) in [5.41, 5.74) is 4.16. The summed E-state index contributed by atoms with van der Waals surface area (Å²) >= 11 is 0. The molecule has 0 fully saturated rings. The quantitative estimate of drug-likeness (QED) is 0.541. The maximum absolute atomic E-state index is 4.91. The SMILES string of the molecule is CO[NH2+]c1ccc(CN(C)C)cc1. The molecule has 2 N–H and O–H groups in total. The lowest BCUT2D eigenvalue weighted by Crippen LogP contribution is -2.75. The first kappa shape index (κ1) is 10.2. The lowest BCUT2D eigenvalue weighted by molar-refractivity contribution is -0.830. The highest BCUT2D eigenvalue weighted by atomic mass is 16.6. The van der Waals surface area contributed by atoms with Crippen LogP contribution in [0.25, 0.3) is 0 Å². The third-order valence-corrected chi connectivity index (χ3v) is 1.73. The molecule has 3 heteroatoms. The molecule has 0 heterocycles. The van der Waals surface area contributed by atoms with Crippen LogP contribution in [-0.2, 0) is 11.4 Å². The number of hydrogen-bond donors (Lipinski definition) is 1. The van der Waals surface area contributed by atoms with E-state index in [1.54, 1.807) is 12.6 Å². The molecule has 13 heavy (non-hydrogen) atoms. The van der Waals surface area contributed by atoms with Crippen LogP contribution in [0.3, 0.4) is 0 Å². The summed E-state index contributed by atoms with van der Waals surface area (Å²) in [5.74, 6) is 0. The molecular formula is C10H17N2O+. The average molecular weight is 181 g/mol. The van der Waals surface area contributed by atoms with Gasteiger partial charge < -0.3 is 4.90 Å². The van der Waals surface area contributed by atoms with E-state index in [0.29, 0.717) is 0 Å². The first-order valence-electron chi connectivity index (χ1n) is 4.32. The number of quaternary nitrogens is 1. The van der Waals surface area contributed by atoms with Crippen molar-refractivity contribution in [1.82, 2.24) is 4.90 Å². The molecule has 1 rings (SSSR count). The van der Waals surface area contributed by atoms with Gasteiger partial charge in [-0.1, -0.05) is 12.1 Å². The lowest BCUT2D eigenvalue weighted by atomic mass is 10.2. The highest BCUT2D eigenvalue weighted by Gasteiger charge is 1.97. The van der Waals surface area contributed by atoms with Crippen molar-refractivity contribution in [3.8, 4) is 0 Å². The largest absolute Gasteiger partial charge is 0.305 e. The zero-order chi connectivity index (χ0) is 9.68. The van der Waals surface area contributed by atoms with E-state index < -0.39 is 0 Å². The molecule has 3 nitrogen and oxygen atoms in total. The summed E-state index contributed by atoms with van der Waals surface area (Å²) in [5, 5.41) is 0. The smallest absolute Gasteiger partial charge is 0.161 e. The van der Waals surface area contributed by atoms with Crippen LogP contribution in [-0.4, -0.2) is 26.1 Å². The molecule has 0 saturated heterocycles. The maximum atomic E-state index is 4.91. The zero-order valence-electron chi connectivity index (χ0n) is 8.45. The lowest BCUT2D eigenvalue weighted by Gasteiger charge is -2.08. The van der Waals surface area contributed by atoms with Crippen molar-refractivity contribution in [1.29, 1.82) is 0 Å². The van der Waals surface area contributed by atoms with Crippen molar-refractivity contribution in [2.24, 2.45) is 0 Å². The predicted octanol–water partition coefficient (Wildman–Crippen LogP) is 0.504. The molecule has 0 spiro atoms. The molecule has 0 saturated carbocycles. The van der Waals surface area contributed by atoms with E-state index in [1.807, 2.05) is 0 Å². The predicted molar refractivity (Wildman–Crippen MR) is 52.4 cm³/mol. The molecule has 0 aromatic heterocycles. The summed E-state index contributed by atoms with van der Waals surface area (Å²) in [4.78, 5) is 7.06. The molecule has 0 unspecified atom stereocenters. The fraction of sp³-hybridized carbons (Fsp3) is 0.400. The highest BCUT2D eigenvalue weighted by molar-refractivity contribution is 5.31. The van der Waals surface area contributed by atoms with Crippen LogP contribution in [0.15, 0.2) is 24.3 Å². The van der Waals surface area contributed by atoms with Crippen LogP contribution in [0.1, 0.15) is 5.56 Å². The van der Waals surface area contributed by atoms with Crippen molar-refractivity contribution < 1.29 is 10.3 Å². The number of benzene rings is 1. The second-order valence-electron chi connectivity index (χ2n) is 3.33. The summed E-state index contributed by atoms with van der Waals surface area (Å²) < 4.78 is 0. The van der Waals surface area contributed by atoms with Gasteiger partial charge in [-0.15, -0.1) is 0 Å². The highest BCUT2D eigenvalue weighted by Crippen LogP contribution is 2.05. The van der Waals surface area contributed by atoms with Crippen LogP contribution in [0, 0.1) is 0 Å². The van der Waals surface area contributed by atoms with Gasteiger partial charge in [-0.05, 0) is 19.7 Å². The van der Waals surface area contributed by atoms with Crippen LogP contribution in [0.4, 0.5) is 5.69 Å². The maximum Gasteiger partial charge on any atom is 0.161 e. The van der Waals surface area contributed by atoms with E-state index >= 15 is 0 Å². The fourth-order valence-corrected chi connectivity index (χ4v) is 1.20. The van der Waals surface area contributed by atoms with E-state index in [0.717, 1.165) is 12.2 Å². The molecule has 1 aromatic carbocycles. The van der Waals surface area contributed by atoms with Crippen molar-refractivity contribution in [3.63, 3.8) is 0 Å². The van der Waals surface area contributed by atoms with E-state index in [2.05, 4.69) is 43.3 Å². The van der Waals surface area contributed by atoms with Crippen molar-refractivity contribution in [2.45, 2.75) is 6.54 Å². The topological polar surface area (TPSA) is 29.1 Å². The standard InChI is InChI=1S/C10H16N2O/c1-12(2)8-9-4-6-10(7-5-9)11-13-3/h4-7,11H,8H2,1-3H3/p+1. The third kappa shape index (κ3) is 3.55. The summed E-state index contributed by atoms with van der Waals surface area (Å²) in [7, 11) is 5.79. The molecule has 72 valence electrons. The Morgan fingerprint density at radius 2 is 1.85 bits per heavy atom. The van der Waals surface area contributed by atoms with Crippen molar-refractivity contribution >= 4 is 5.69 Å². The molecule has 1 aromatic rings. The number of nitrogens with zero attached hydrogens (tertiary/aromatic N) is 1. The third-order valence-electron chi connectivity index (χ3n) is 1.73.